The number of amides is 1. The molecule has 3 rings (SSSR count). The second-order valence-electron chi connectivity index (χ2n) is 6.71. The van der Waals surface area contributed by atoms with Crippen LogP contribution in [0, 0.1) is 0 Å². The Morgan fingerprint density at radius 1 is 0.897 bits per heavy atom. The van der Waals surface area contributed by atoms with Crippen molar-refractivity contribution in [3.63, 3.8) is 0 Å². The van der Waals surface area contributed by atoms with Gasteiger partial charge >= 0.3 is 5.97 Å². The second kappa shape index (κ2) is 10.2. The normalized spacial score (nSPS) is 11.5. The third-order valence-corrected chi connectivity index (χ3v) is 4.68. The average molecular weight is 388 g/mol. The van der Waals surface area contributed by atoms with E-state index >= 15 is 0 Å². The number of rotatable bonds is 8. The van der Waals surface area contributed by atoms with Crippen LogP contribution in [0.2, 0.25) is 0 Å². The number of aryl methyl sites for hydroxylation is 1. The summed E-state index contributed by atoms with van der Waals surface area (Å²) in [5.41, 5.74) is 2.62. The van der Waals surface area contributed by atoms with E-state index in [1.165, 1.54) is 18.7 Å². The van der Waals surface area contributed by atoms with Crippen molar-refractivity contribution in [1.29, 1.82) is 0 Å². The van der Waals surface area contributed by atoms with Crippen LogP contribution in [0.4, 0.5) is 0 Å². The third kappa shape index (κ3) is 5.75. The molecule has 0 aliphatic heterocycles. The zero-order valence-corrected chi connectivity index (χ0v) is 16.4. The molecule has 0 bridgehead atoms. The Labute approximate surface area is 170 Å². The number of methoxy groups -OCH3 is 1. The number of nitrogens with one attached hydrogen (secondary N) is 1. The lowest BCUT2D eigenvalue weighted by molar-refractivity contribution is 0.0594. The summed E-state index contributed by atoms with van der Waals surface area (Å²) in [7, 11) is 1.29. The van der Waals surface area contributed by atoms with E-state index in [1.54, 1.807) is 12.1 Å². The first-order valence-corrected chi connectivity index (χ1v) is 9.62. The number of hydrogen-bond donors (Lipinski definition) is 1. The topological polar surface area (TPSA) is 68.3 Å². The number of hydrogen-bond acceptors (Lipinski definition) is 4. The van der Waals surface area contributed by atoms with Gasteiger partial charge in [-0.25, -0.2) is 9.78 Å². The highest BCUT2D eigenvalue weighted by Crippen LogP contribution is 2.20. The number of carbonyl (C=O) groups excluding carboxylic acids is 2. The van der Waals surface area contributed by atoms with Gasteiger partial charge in [0.2, 0.25) is 0 Å². The van der Waals surface area contributed by atoms with Crippen LogP contribution in [-0.2, 0) is 11.2 Å². The van der Waals surface area contributed by atoms with Gasteiger partial charge in [0, 0.05) is 0 Å². The van der Waals surface area contributed by atoms with Crippen LogP contribution in [0.25, 0.3) is 0 Å². The van der Waals surface area contributed by atoms with E-state index < -0.39 is 5.97 Å². The maximum Gasteiger partial charge on any atom is 0.356 e. The molecule has 1 unspecified atom stereocenters. The van der Waals surface area contributed by atoms with E-state index in [1.807, 2.05) is 48.5 Å². The molecule has 1 N–H and O–H groups in total. The Bertz CT molecular complexity index is 943. The molecule has 1 atom stereocenters. The molecule has 5 heteroatoms. The summed E-state index contributed by atoms with van der Waals surface area (Å²) in [6, 6.07) is 24.8. The first-order valence-electron chi connectivity index (χ1n) is 9.62. The summed E-state index contributed by atoms with van der Waals surface area (Å²) >= 11 is 0. The first kappa shape index (κ1) is 20.3. The van der Waals surface area contributed by atoms with E-state index in [-0.39, 0.29) is 23.3 Å². The minimum Gasteiger partial charge on any atom is -0.464 e. The average Bonchev–Trinajstić information content (AvgIpc) is 2.79. The molecule has 0 radical (unpaired) electrons. The van der Waals surface area contributed by atoms with Crippen LogP contribution in [-0.4, -0.2) is 24.0 Å². The van der Waals surface area contributed by atoms with Gasteiger partial charge in [-0.3, -0.25) is 4.79 Å². The van der Waals surface area contributed by atoms with Gasteiger partial charge < -0.3 is 10.1 Å². The van der Waals surface area contributed by atoms with Crippen LogP contribution < -0.4 is 5.32 Å². The van der Waals surface area contributed by atoms with Gasteiger partial charge in [-0.2, -0.15) is 0 Å². The Balaban J connectivity index is 1.71. The zero-order valence-electron chi connectivity index (χ0n) is 16.4. The molecular weight excluding hydrogens is 364 g/mol. The Morgan fingerprint density at radius 2 is 1.55 bits per heavy atom. The summed E-state index contributed by atoms with van der Waals surface area (Å²) < 4.78 is 4.68. The molecular formula is C24H24N2O3. The quantitative estimate of drug-likeness (QED) is 0.582. The lowest BCUT2D eigenvalue weighted by atomic mass is 9.99. The van der Waals surface area contributed by atoms with Gasteiger partial charge in [0.25, 0.3) is 5.91 Å². The molecule has 1 aromatic heterocycles. The highest BCUT2D eigenvalue weighted by Gasteiger charge is 2.18. The number of ether oxygens (including phenoxy) is 1. The third-order valence-electron chi connectivity index (χ3n) is 4.68. The number of esters is 1. The SMILES string of the molecule is COC(=O)c1cccc(C(=O)NC(CCCc2ccccc2)c2ccccc2)n1. The molecule has 0 spiro atoms. The van der Waals surface area contributed by atoms with Crippen molar-refractivity contribution in [1.82, 2.24) is 10.3 Å². The van der Waals surface area contributed by atoms with Crippen molar-refractivity contribution in [3.05, 3.63) is 101 Å². The molecule has 3 aromatic rings. The summed E-state index contributed by atoms with van der Waals surface area (Å²) in [5.74, 6) is -0.883. The Hall–Kier alpha value is -3.47. The van der Waals surface area contributed by atoms with Crippen LogP contribution >= 0.6 is 0 Å². The fourth-order valence-corrected chi connectivity index (χ4v) is 3.17. The summed E-state index contributed by atoms with van der Waals surface area (Å²) in [6.07, 6.45) is 2.66. The van der Waals surface area contributed by atoms with E-state index in [0.29, 0.717) is 0 Å². The van der Waals surface area contributed by atoms with Gasteiger partial charge in [0.15, 0.2) is 0 Å². The van der Waals surface area contributed by atoms with Crippen LogP contribution in [0.15, 0.2) is 78.9 Å². The number of aromatic nitrogens is 1. The van der Waals surface area contributed by atoms with Crippen molar-refractivity contribution in [2.45, 2.75) is 25.3 Å². The molecule has 1 amide bonds. The fourth-order valence-electron chi connectivity index (χ4n) is 3.17. The number of pyridine rings is 1. The van der Waals surface area contributed by atoms with Gasteiger partial charge in [-0.15, -0.1) is 0 Å². The zero-order chi connectivity index (χ0) is 20.5. The van der Waals surface area contributed by atoms with E-state index in [9.17, 15) is 9.59 Å². The smallest absolute Gasteiger partial charge is 0.356 e. The lowest BCUT2D eigenvalue weighted by Crippen LogP contribution is -2.29. The van der Waals surface area contributed by atoms with Crippen molar-refractivity contribution in [2.75, 3.05) is 7.11 Å². The lowest BCUT2D eigenvalue weighted by Gasteiger charge is -2.19. The molecule has 0 aliphatic carbocycles. The number of carbonyl (C=O) groups is 2. The van der Waals surface area contributed by atoms with Crippen molar-refractivity contribution in [3.8, 4) is 0 Å². The standard InChI is InChI=1S/C24H24N2O3/c1-29-24(28)22-17-9-16-21(25-22)23(27)26-20(19-13-6-3-7-14-19)15-8-12-18-10-4-2-5-11-18/h2-7,9-11,13-14,16-17,20H,8,12,15H2,1H3,(H,26,27). The molecule has 1 heterocycles. The highest BCUT2D eigenvalue weighted by atomic mass is 16.5. The fraction of sp³-hybridized carbons (Fsp3) is 0.208. The molecule has 5 nitrogen and oxygen atoms in total. The summed E-state index contributed by atoms with van der Waals surface area (Å²) in [6.45, 7) is 0. The van der Waals surface area contributed by atoms with Gasteiger partial charge in [0.1, 0.15) is 11.4 Å². The number of benzene rings is 2. The second-order valence-corrected chi connectivity index (χ2v) is 6.71. The molecule has 148 valence electrons. The van der Waals surface area contributed by atoms with E-state index in [2.05, 4.69) is 27.2 Å². The molecule has 2 aromatic carbocycles. The van der Waals surface area contributed by atoms with Crippen LogP contribution in [0.1, 0.15) is 51.0 Å². The molecule has 0 fully saturated rings. The summed E-state index contributed by atoms with van der Waals surface area (Å²) in [5, 5.41) is 3.07. The van der Waals surface area contributed by atoms with Crippen molar-refractivity contribution in [2.24, 2.45) is 0 Å². The van der Waals surface area contributed by atoms with Crippen LogP contribution in [0.3, 0.4) is 0 Å². The Morgan fingerprint density at radius 3 is 2.24 bits per heavy atom. The monoisotopic (exact) mass is 388 g/mol. The van der Waals surface area contributed by atoms with Gasteiger partial charge in [-0.1, -0.05) is 66.7 Å². The molecule has 0 saturated carbocycles. The van der Waals surface area contributed by atoms with Crippen LogP contribution in [0.5, 0.6) is 0 Å². The van der Waals surface area contributed by atoms with Crippen molar-refractivity contribution < 1.29 is 14.3 Å². The van der Waals surface area contributed by atoms with E-state index in [0.717, 1.165) is 24.8 Å². The highest BCUT2D eigenvalue weighted by molar-refractivity contribution is 5.94. The van der Waals surface area contributed by atoms with Gasteiger partial charge in [0.05, 0.1) is 13.2 Å². The maximum atomic E-state index is 12.8. The minimum atomic E-state index is -0.567. The maximum absolute atomic E-state index is 12.8. The summed E-state index contributed by atoms with van der Waals surface area (Å²) in [4.78, 5) is 28.6. The predicted octanol–water partition coefficient (Wildman–Crippen LogP) is 4.36. The van der Waals surface area contributed by atoms with Crippen molar-refractivity contribution >= 4 is 11.9 Å². The minimum absolute atomic E-state index is 0.112. The Kier molecular flexibility index (Phi) is 7.11. The number of nitrogens with zero attached hydrogens (tertiary/aromatic N) is 1. The first-order chi connectivity index (χ1) is 14.2. The molecule has 0 saturated heterocycles. The molecule has 0 aliphatic rings. The molecule has 29 heavy (non-hydrogen) atoms. The predicted molar refractivity (Wildman–Crippen MR) is 112 cm³/mol. The van der Waals surface area contributed by atoms with E-state index in [4.69, 9.17) is 0 Å². The largest absolute Gasteiger partial charge is 0.464 e. The van der Waals surface area contributed by atoms with Gasteiger partial charge in [-0.05, 0) is 42.5 Å².